The van der Waals surface area contributed by atoms with Crippen molar-refractivity contribution in [2.24, 2.45) is 5.73 Å². The average Bonchev–Trinajstić information content (AvgIpc) is 2.40. The highest BCUT2D eigenvalue weighted by molar-refractivity contribution is 5.57. The molecule has 2 rings (SSSR count). The maximum atomic E-state index is 5.60. The molecule has 94 valence electrons. The molecule has 0 atom stereocenters. The van der Waals surface area contributed by atoms with E-state index in [1.54, 1.807) is 12.4 Å². The second-order valence-electron chi connectivity index (χ2n) is 4.18. The van der Waals surface area contributed by atoms with Crippen LogP contribution in [0.25, 0.3) is 0 Å². The van der Waals surface area contributed by atoms with Gasteiger partial charge in [-0.3, -0.25) is 0 Å². The van der Waals surface area contributed by atoms with E-state index in [1.807, 2.05) is 12.1 Å². The molecular weight excluding hydrogens is 224 g/mol. The van der Waals surface area contributed by atoms with Gasteiger partial charge in [-0.15, -0.1) is 0 Å². The van der Waals surface area contributed by atoms with Crippen molar-refractivity contribution in [2.75, 3.05) is 18.0 Å². The molecule has 1 aromatic heterocycles. The van der Waals surface area contributed by atoms with Crippen LogP contribution in [-0.2, 0) is 0 Å². The first kappa shape index (κ1) is 12.5. The summed E-state index contributed by atoms with van der Waals surface area (Å²) < 4.78 is 0. The maximum absolute atomic E-state index is 5.60. The van der Waals surface area contributed by atoms with Crippen molar-refractivity contribution in [2.45, 2.75) is 13.3 Å². The Morgan fingerprint density at radius 1 is 1.17 bits per heavy atom. The minimum Gasteiger partial charge on any atom is -0.330 e. The molecule has 2 aromatic rings. The number of anilines is 2. The topological polar surface area (TPSA) is 55.0 Å². The minimum absolute atomic E-state index is 0.662. The molecule has 1 heterocycles. The lowest BCUT2D eigenvalue weighted by atomic mass is 10.2. The predicted octanol–water partition coefficient (Wildman–Crippen LogP) is 2.27. The highest BCUT2D eigenvalue weighted by atomic mass is 15.2. The summed E-state index contributed by atoms with van der Waals surface area (Å²) in [5.41, 5.74) is 7.92. The Kier molecular flexibility index (Phi) is 4.25. The van der Waals surface area contributed by atoms with Gasteiger partial charge in [0, 0.05) is 24.6 Å². The molecule has 4 nitrogen and oxygen atoms in total. The van der Waals surface area contributed by atoms with Crippen LogP contribution in [0.1, 0.15) is 12.0 Å². The van der Waals surface area contributed by atoms with Gasteiger partial charge in [0.15, 0.2) is 0 Å². The molecule has 0 saturated carbocycles. The van der Waals surface area contributed by atoms with Crippen LogP contribution in [0.3, 0.4) is 0 Å². The van der Waals surface area contributed by atoms with Gasteiger partial charge >= 0.3 is 0 Å². The van der Waals surface area contributed by atoms with Crippen molar-refractivity contribution in [1.82, 2.24) is 9.97 Å². The molecule has 0 amide bonds. The molecule has 0 radical (unpaired) electrons. The Hall–Kier alpha value is -1.94. The van der Waals surface area contributed by atoms with Crippen LogP contribution in [0.4, 0.5) is 11.6 Å². The Morgan fingerprint density at radius 2 is 1.94 bits per heavy atom. The van der Waals surface area contributed by atoms with Gasteiger partial charge in [0.1, 0.15) is 0 Å². The van der Waals surface area contributed by atoms with Gasteiger partial charge < -0.3 is 10.6 Å². The standard InChI is InChI=1S/C14H18N4/c1-12-5-2-6-13(11-12)18(10-3-7-15)14-16-8-4-9-17-14/h2,4-6,8-9,11H,3,7,10,15H2,1H3. The van der Waals surface area contributed by atoms with Crippen LogP contribution in [0.2, 0.25) is 0 Å². The van der Waals surface area contributed by atoms with Crippen molar-refractivity contribution in [3.63, 3.8) is 0 Å². The summed E-state index contributed by atoms with van der Waals surface area (Å²) in [7, 11) is 0. The minimum atomic E-state index is 0.662. The molecule has 1 aromatic carbocycles. The van der Waals surface area contributed by atoms with E-state index in [2.05, 4.69) is 40.0 Å². The summed E-state index contributed by atoms with van der Waals surface area (Å²) in [5.74, 6) is 0.719. The number of rotatable bonds is 5. The SMILES string of the molecule is Cc1cccc(N(CCCN)c2ncccn2)c1. The van der Waals surface area contributed by atoms with Gasteiger partial charge in [-0.05, 0) is 43.7 Å². The number of aromatic nitrogens is 2. The molecule has 0 fully saturated rings. The Labute approximate surface area is 107 Å². The zero-order valence-corrected chi connectivity index (χ0v) is 10.6. The smallest absolute Gasteiger partial charge is 0.229 e. The summed E-state index contributed by atoms with van der Waals surface area (Å²) in [4.78, 5) is 10.7. The lowest BCUT2D eigenvalue weighted by molar-refractivity contribution is 0.799. The molecule has 0 unspecified atom stereocenters. The molecule has 4 heteroatoms. The van der Waals surface area contributed by atoms with Crippen LogP contribution >= 0.6 is 0 Å². The van der Waals surface area contributed by atoms with E-state index >= 15 is 0 Å². The first-order chi connectivity index (χ1) is 8.81. The van der Waals surface area contributed by atoms with Gasteiger partial charge in [-0.2, -0.15) is 0 Å². The second kappa shape index (κ2) is 6.12. The Bertz CT molecular complexity index is 484. The quantitative estimate of drug-likeness (QED) is 0.874. The zero-order valence-electron chi connectivity index (χ0n) is 10.6. The van der Waals surface area contributed by atoms with E-state index in [0.717, 1.165) is 24.6 Å². The Balaban J connectivity index is 2.31. The second-order valence-corrected chi connectivity index (χ2v) is 4.18. The first-order valence-corrected chi connectivity index (χ1v) is 6.12. The van der Waals surface area contributed by atoms with Crippen LogP contribution in [0.15, 0.2) is 42.7 Å². The van der Waals surface area contributed by atoms with Crippen LogP contribution in [-0.4, -0.2) is 23.1 Å². The lowest BCUT2D eigenvalue weighted by Crippen LogP contribution is -2.22. The van der Waals surface area contributed by atoms with Crippen molar-refractivity contribution >= 4 is 11.6 Å². The highest BCUT2D eigenvalue weighted by Crippen LogP contribution is 2.22. The van der Waals surface area contributed by atoms with Gasteiger partial charge in [0.05, 0.1) is 0 Å². The third-order valence-corrected chi connectivity index (χ3v) is 2.69. The van der Waals surface area contributed by atoms with Crippen LogP contribution < -0.4 is 10.6 Å². The molecule has 0 aliphatic carbocycles. The van der Waals surface area contributed by atoms with Crippen molar-refractivity contribution in [1.29, 1.82) is 0 Å². The van der Waals surface area contributed by atoms with E-state index < -0.39 is 0 Å². The fourth-order valence-electron chi connectivity index (χ4n) is 1.82. The van der Waals surface area contributed by atoms with Gasteiger partial charge in [-0.1, -0.05) is 12.1 Å². The van der Waals surface area contributed by atoms with E-state index in [9.17, 15) is 0 Å². The van der Waals surface area contributed by atoms with Crippen molar-refractivity contribution in [3.05, 3.63) is 48.3 Å². The number of benzene rings is 1. The summed E-state index contributed by atoms with van der Waals surface area (Å²) >= 11 is 0. The molecule has 0 aliphatic rings. The van der Waals surface area contributed by atoms with E-state index in [1.165, 1.54) is 5.56 Å². The number of nitrogens with two attached hydrogens (primary N) is 1. The monoisotopic (exact) mass is 242 g/mol. The van der Waals surface area contributed by atoms with E-state index in [-0.39, 0.29) is 0 Å². The molecule has 0 spiro atoms. The Morgan fingerprint density at radius 3 is 2.61 bits per heavy atom. The fourth-order valence-corrected chi connectivity index (χ4v) is 1.82. The zero-order chi connectivity index (χ0) is 12.8. The molecule has 2 N–H and O–H groups in total. The number of hydrogen-bond donors (Lipinski definition) is 1. The molecule has 18 heavy (non-hydrogen) atoms. The fraction of sp³-hybridized carbons (Fsp3) is 0.286. The number of hydrogen-bond acceptors (Lipinski definition) is 4. The van der Waals surface area contributed by atoms with E-state index in [4.69, 9.17) is 5.73 Å². The third-order valence-electron chi connectivity index (χ3n) is 2.69. The van der Waals surface area contributed by atoms with Crippen molar-refractivity contribution in [3.8, 4) is 0 Å². The van der Waals surface area contributed by atoms with Crippen molar-refractivity contribution < 1.29 is 0 Å². The molecule has 0 bridgehead atoms. The summed E-state index contributed by atoms with van der Waals surface area (Å²) in [6.07, 6.45) is 4.42. The van der Waals surface area contributed by atoms with Crippen LogP contribution in [0.5, 0.6) is 0 Å². The molecule has 0 aliphatic heterocycles. The number of aryl methyl sites for hydroxylation is 1. The maximum Gasteiger partial charge on any atom is 0.229 e. The highest BCUT2D eigenvalue weighted by Gasteiger charge is 2.10. The van der Waals surface area contributed by atoms with E-state index in [0.29, 0.717) is 6.54 Å². The summed E-state index contributed by atoms with van der Waals surface area (Å²) in [6.45, 7) is 3.57. The van der Waals surface area contributed by atoms with Gasteiger partial charge in [-0.25, -0.2) is 9.97 Å². The largest absolute Gasteiger partial charge is 0.330 e. The third kappa shape index (κ3) is 3.05. The lowest BCUT2D eigenvalue weighted by Gasteiger charge is -2.22. The molecular formula is C14H18N4. The summed E-state index contributed by atoms with van der Waals surface area (Å²) in [6, 6.07) is 10.1. The van der Waals surface area contributed by atoms with Crippen LogP contribution in [0, 0.1) is 6.92 Å². The first-order valence-electron chi connectivity index (χ1n) is 6.12. The average molecular weight is 242 g/mol. The van der Waals surface area contributed by atoms with Gasteiger partial charge in [0.25, 0.3) is 0 Å². The predicted molar refractivity (Wildman–Crippen MR) is 73.9 cm³/mol. The van der Waals surface area contributed by atoms with Gasteiger partial charge in [0.2, 0.25) is 5.95 Å². The summed E-state index contributed by atoms with van der Waals surface area (Å²) in [5, 5.41) is 0. The molecule has 0 saturated heterocycles. The number of nitrogens with zero attached hydrogens (tertiary/aromatic N) is 3. The normalized spacial score (nSPS) is 10.3.